The van der Waals surface area contributed by atoms with E-state index in [0.29, 0.717) is 0 Å². The highest BCUT2D eigenvalue weighted by atomic mass is 16.3. The zero-order valence-corrected chi connectivity index (χ0v) is 74.4. The number of nitrogens with zero attached hydrogens (tertiary/aromatic N) is 2. The van der Waals surface area contributed by atoms with Gasteiger partial charge in [-0.3, -0.25) is 0 Å². The van der Waals surface area contributed by atoms with Crippen molar-refractivity contribution in [1.29, 1.82) is 0 Å². The quantitative estimate of drug-likeness (QED) is 0.122. The monoisotopic (exact) mass is 1720 g/mol. The number of furan rings is 2. The van der Waals surface area contributed by atoms with E-state index in [-0.39, 0.29) is 5.41 Å². The van der Waals surface area contributed by atoms with Crippen molar-refractivity contribution in [2.24, 2.45) is 0 Å². The van der Waals surface area contributed by atoms with E-state index in [9.17, 15) is 0 Å². The summed E-state index contributed by atoms with van der Waals surface area (Å²) in [7, 11) is 0. The Balaban J connectivity index is 0.000000137. The van der Waals surface area contributed by atoms with Crippen LogP contribution < -0.4 is 9.80 Å². The molecule has 5 aliphatic carbocycles. The molecule has 0 unspecified atom stereocenters. The molecule has 632 valence electrons. The van der Waals surface area contributed by atoms with Crippen LogP contribution in [0.1, 0.15) is 69.5 Å². The zero-order valence-electron chi connectivity index (χ0n) is 74.4. The van der Waals surface area contributed by atoms with E-state index in [4.69, 9.17) is 8.83 Å². The third-order valence-corrected chi connectivity index (χ3v) is 29.8. The number of hydrogen-bond acceptors (Lipinski definition) is 4. The summed E-state index contributed by atoms with van der Waals surface area (Å²) < 4.78 is 13.8. The molecule has 0 saturated heterocycles. The normalized spacial score (nSPS) is 13.4. The Morgan fingerprint density at radius 3 is 0.807 bits per heavy atom. The van der Waals surface area contributed by atoms with Gasteiger partial charge in [-0.2, -0.15) is 0 Å². The number of para-hydroxylation sites is 2. The molecule has 28 rings (SSSR count). The molecule has 0 atom stereocenters. The highest BCUT2D eigenvalue weighted by molar-refractivity contribution is 6.14. The molecule has 4 nitrogen and oxygen atoms in total. The molecule has 5 aliphatic rings. The first kappa shape index (κ1) is 77.7. The first-order valence-electron chi connectivity index (χ1n) is 46.9. The number of rotatable bonds is 12. The largest absolute Gasteiger partial charge is 0.455 e. The Labute approximate surface area is 784 Å². The summed E-state index contributed by atoms with van der Waals surface area (Å²) in [6.45, 7) is 4.73. The standard InChI is InChI=1S/C67H43NO.C64H43NO/c1-3-15-44(16-4-1)46-27-34-51(35-28-46)68(52-36-29-47(30-37-52)45-17-5-2-6-18-45)53-38-31-48(32-39-53)50-41-59(66-60(42-50)58-22-10-14-26-65(58)69-66)49-33-40-57-56-21-9-13-25-63(56)67(64(57)43-49)61-23-11-7-19-54(61)55-20-8-12-24-62(55)67;1-63(2)55-23-11-6-18-46(55)50-35-33-44(39-59(50)63)65(43-31-28-41(29-32-43)40-16-4-3-5-17-40)45-37-53(62-54(38-45)52-22-10-15-27-61(52)66-62)42-30-34-51-49-21-9-14-26-58(49)64(60(51)36-42)56-24-12-7-19-47(56)48-20-8-13-25-57(48)64/h1-43H;3-39H,1-2H3. The van der Waals surface area contributed by atoms with Crippen LogP contribution in [0.3, 0.4) is 0 Å². The predicted octanol–water partition coefficient (Wildman–Crippen LogP) is 35.1. The SMILES string of the molecule is CC1(C)c2ccccc2-c2ccc(N(c3ccc(-c4ccccc4)cc3)c3cc(-c4ccc5c(c4)C4(c6ccccc6-c6ccccc64)c4ccccc4-5)c4oc5ccccc5c4c3)cc21.c1ccc(-c2ccc(N(c3ccc(-c4ccccc4)cc3)c3ccc(-c4cc(-c5ccc6c(c5)C5(c7ccccc7-c7ccccc75)c5ccccc5-6)c5oc6ccccc6c5c4)cc3)cc2)cc1. The van der Waals surface area contributed by atoms with Gasteiger partial charge in [0.15, 0.2) is 0 Å². The maximum atomic E-state index is 6.96. The van der Waals surface area contributed by atoms with Crippen molar-refractivity contribution >= 4 is 78.0 Å². The minimum Gasteiger partial charge on any atom is -0.455 e. The molecule has 0 amide bonds. The molecule has 4 heteroatoms. The second kappa shape index (κ2) is 30.5. The smallest absolute Gasteiger partial charge is 0.143 e. The minimum atomic E-state index is -0.457. The third-order valence-electron chi connectivity index (χ3n) is 29.8. The van der Waals surface area contributed by atoms with Crippen molar-refractivity contribution in [2.45, 2.75) is 30.1 Å². The molecule has 2 heterocycles. The first-order valence-corrected chi connectivity index (χ1v) is 46.9. The summed E-state index contributed by atoms with van der Waals surface area (Å²) in [6, 6.07) is 178. The highest BCUT2D eigenvalue weighted by Gasteiger charge is 2.54. The van der Waals surface area contributed by atoms with Gasteiger partial charge in [-0.25, -0.2) is 0 Å². The van der Waals surface area contributed by atoms with E-state index in [0.717, 1.165) is 111 Å². The van der Waals surface area contributed by atoms with Gasteiger partial charge in [0.05, 0.1) is 10.8 Å². The van der Waals surface area contributed by atoms with Crippen molar-refractivity contribution in [2.75, 3.05) is 9.80 Å². The van der Waals surface area contributed by atoms with Gasteiger partial charge < -0.3 is 18.6 Å². The third kappa shape index (κ3) is 11.8. The van der Waals surface area contributed by atoms with Crippen LogP contribution in [0.25, 0.3) is 166 Å². The molecule has 0 aliphatic heterocycles. The fraction of sp³-hybridized carbons (Fsp3) is 0.0382. The second-order valence-corrected chi connectivity index (χ2v) is 37.1. The van der Waals surface area contributed by atoms with E-state index >= 15 is 0 Å². The lowest BCUT2D eigenvalue weighted by Gasteiger charge is -2.31. The van der Waals surface area contributed by atoms with Gasteiger partial charge in [0, 0.05) is 72.2 Å². The van der Waals surface area contributed by atoms with Gasteiger partial charge in [-0.05, 0) is 276 Å². The molecule has 2 spiro atoms. The first-order chi connectivity index (χ1) is 66.7. The summed E-state index contributed by atoms with van der Waals surface area (Å²) in [5.74, 6) is 0. The number of fused-ring (bicyclic) bond motifs is 29. The number of benzene rings is 21. The molecule has 0 fully saturated rings. The highest BCUT2D eigenvalue weighted by Crippen LogP contribution is 2.66. The summed E-state index contributed by atoms with van der Waals surface area (Å²) in [5.41, 5.74) is 49.2. The molecular formula is C131H86N2O2. The van der Waals surface area contributed by atoms with Crippen LogP contribution in [-0.4, -0.2) is 0 Å². The molecule has 23 aromatic rings. The molecule has 0 N–H and O–H groups in total. The lowest BCUT2D eigenvalue weighted by atomic mass is 9.70. The van der Waals surface area contributed by atoms with Gasteiger partial charge in [-0.15, -0.1) is 0 Å². The Morgan fingerprint density at radius 2 is 0.422 bits per heavy atom. The van der Waals surface area contributed by atoms with Crippen LogP contribution in [0.5, 0.6) is 0 Å². The fourth-order valence-electron chi connectivity index (χ4n) is 23.7. The van der Waals surface area contributed by atoms with Crippen LogP contribution in [0, 0.1) is 0 Å². The summed E-state index contributed by atoms with van der Waals surface area (Å²) >= 11 is 0. The predicted molar refractivity (Wildman–Crippen MR) is 560 cm³/mol. The summed E-state index contributed by atoms with van der Waals surface area (Å²) in [4.78, 5) is 4.80. The molecule has 21 aromatic carbocycles. The molecule has 2 aromatic heterocycles. The average molecular weight is 1720 g/mol. The van der Waals surface area contributed by atoms with Crippen LogP contribution in [0.2, 0.25) is 0 Å². The second-order valence-electron chi connectivity index (χ2n) is 37.1. The fourth-order valence-corrected chi connectivity index (χ4v) is 23.7. The van der Waals surface area contributed by atoms with Gasteiger partial charge >= 0.3 is 0 Å². The van der Waals surface area contributed by atoms with Gasteiger partial charge in [0.2, 0.25) is 0 Å². The lowest BCUT2D eigenvalue weighted by Crippen LogP contribution is -2.25. The van der Waals surface area contributed by atoms with Gasteiger partial charge in [0.1, 0.15) is 22.3 Å². The van der Waals surface area contributed by atoms with Crippen LogP contribution in [0.4, 0.5) is 34.1 Å². The maximum absolute atomic E-state index is 6.96. The summed E-state index contributed by atoms with van der Waals surface area (Å²) in [5, 5.41) is 4.41. The number of anilines is 6. The molecule has 0 bridgehead atoms. The van der Waals surface area contributed by atoms with E-state index in [1.807, 2.05) is 0 Å². The number of hydrogen-bond donors (Lipinski definition) is 0. The van der Waals surface area contributed by atoms with Crippen LogP contribution in [-0.2, 0) is 16.2 Å². The van der Waals surface area contributed by atoms with E-state index in [2.05, 4.69) is 509 Å². The summed E-state index contributed by atoms with van der Waals surface area (Å²) in [6.07, 6.45) is 0. The molecule has 0 saturated carbocycles. The lowest BCUT2D eigenvalue weighted by molar-refractivity contribution is 0.660. The van der Waals surface area contributed by atoms with Crippen molar-refractivity contribution in [1.82, 2.24) is 0 Å². The van der Waals surface area contributed by atoms with E-state index < -0.39 is 10.8 Å². The van der Waals surface area contributed by atoms with Crippen LogP contribution >= 0.6 is 0 Å². The van der Waals surface area contributed by atoms with Crippen molar-refractivity contribution in [3.8, 4) is 122 Å². The van der Waals surface area contributed by atoms with E-state index in [1.54, 1.807) is 0 Å². The molecule has 0 radical (unpaired) electrons. The molecular weight excluding hydrogens is 1630 g/mol. The Kier molecular flexibility index (Phi) is 17.5. The minimum absolute atomic E-state index is 0.157. The average Bonchev–Trinajstić information content (AvgIpc) is 1.51. The Bertz CT molecular complexity index is 8530. The van der Waals surface area contributed by atoms with Crippen LogP contribution in [0.15, 0.2) is 494 Å². The Hall–Kier alpha value is -17.2. The zero-order chi connectivity index (χ0) is 89.2. The van der Waals surface area contributed by atoms with Crippen molar-refractivity contribution in [3.63, 3.8) is 0 Å². The molecule has 135 heavy (non-hydrogen) atoms. The van der Waals surface area contributed by atoms with Gasteiger partial charge in [0.25, 0.3) is 0 Å². The van der Waals surface area contributed by atoms with Crippen molar-refractivity contribution < 1.29 is 8.83 Å². The Morgan fingerprint density at radius 1 is 0.156 bits per heavy atom. The maximum Gasteiger partial charge on any atom is 0.143 e. The topological polar surface area (TPSA) is 32.8 Å². The van der Waals surface area contributed by atoms with Gasteiger partial charge in [-0.1, -0.05) is 390 Å². The van der Waals surface area contributed by atoms with E-state index in [1.165, 1.54) is 145 Å². The van der Waals surface area contributed by atoms with Crippen molar-refractivity contribution in [3.05, 3.63) is 541 Å².